The largest absolute Gasteiger partial charge is 0.490 e. The molecule has 0 spiro atoms. The van der Waals surface area contributed by atoms with Crippen molar-refractivity contribution < 1.29 is 14.3 Å². The van der Waals surface area contributed by atoms with Crippen LogP contribution in [0.15, 0.2) is 29.3 Å². The molecule has 4 heteroatoms. The van der Waals surface area contributed by atoms with E-state index in [4.69, 9.17) is 9.47 Å². The Bertz CT molecular complexity index is 428. The highest BCUT2D eigenvalue weighted by atomic mass is 16.5. The summed E-state index contributed by atoms with van der Waals surface area (Å²) in [6, 6.07) is 7.75. The molecule has 0 radical (unpaired) electrons. The third kappa shape index (κ3) is 8.16. The highest BCUT2D eigenvalue weighted by molar-refractivity contribution is 5.39. The van der Waals surface area contributed by atoms with Crippen LogP contribution in [-0.2, 0) is 4.79 Å². The molecule has 0 aliphatic heterocycles. The third-order valence-corrected chi connectivity index (χ3v) is 3.09. The summed E-state index contributed by atoms with van der Waals surface area (Å²) in [4.78, 5) is 13.4. The van der Waals surface area contributed by atoms with Crippen molar-refractivity contribution in [2.75, 3.05) is 19.8 Å². The molecule has 21 heavy (non-hydrogen) atoms. The fourth-order valence-electron chi connectivity index (χ4n) is 1.92. The van der Waals surface area contributed by atoms with Crippen molar-refractivity contribution in [1.29, 1.82) is 0 Å². The SMILES string of the molecule is CCCCCCOc1ccccc1OCCCCN=C=O. The van der Waals surface area contributed by atoms with Crippen LogP contribution in [0.3, 0.4) is 0 Å². The van der Waals surface area contributed by atoms with Gasteiger partial charge in [-0.25, -0.2) is 9.79 Å². The number of aliphatic imine (C=N–C) groups is 1. The lowest BCUT2D eigenvalue weighted by Crippen LogP contribution is -2.02. The number of ether oxygens (including phenoxy) is 2. The van der Waals surface area contributed by atoms with Crippen molar-refractivity contribution in [3.8, 4) is 11.5 Å². The first-order valence-electron chi connectivity index (χ1n) is 7.76. The second kappa shape index (κ2) is 12.0. The quantitative estimate of drug-likeness (QED) is 0.330. The lowest BCUT2D eigenvalue weighted by molar-refractivity contribution is 0.260. The van der Waals surface area contributed by atoms with Gasteiger partial charge in [0.1, 0.15) is 0 Å². The summed E-state index contributed by atoms with van der Waals surface area (Å²) >= 11 is 0. The average Bonchev–Trinajstić information content (AvgIpc) is 2.52. The third-order valence-electron chi connectivity index (χ3n) is 3.09. The van der Waals surface area contributed by atoms with Gasteiger partial charge in [0.2, 0.25) is 6.08 Å². The number of para-hydroxylation sites is 2. The van der Waals surface area contributed by atoms with Crippen molar-refractivity contribution in [3.63, 3.8) is 0 Å². The number of isocyanates is 1. The highest BCUT2D eigenvalue weighted by Gasteiger charge is 2.03. The number of hydrogen-bond acceptors (Lipinski definition) is 4. The average molecular weight is 291 g/mol. The summed E-state index contributed by atoms with van der Waals surface area (Å²) in [6.07, 6.45) is 7.99. The van der Waals surface area contributed by atoms with Crippen LogP contribution in [-0.4, -0.2) is 25.8 Å². The number of benzene rings is 1. The van der Waals surface area contributed by atoms with E-state index in [2.05, 4.69) is 11.9 Å². The maximum atomic E-state index is 9.93. The Morgan fingerprint density at radius 1 is 0.952 bits per heavy atom. The second-order valence-electron chi connectivity index (χ2n) is 4.88. The van der Waals surface area contributed by atoms with E-state index in [0.717, 1.165) is 37.4 Å². The molecule has 0 amide bonds. The lowest BCUT2D eigenvalue weighted by Gasteiger charge is -2.12. The maximum Gasteiger partial charge on any atom is 0.234 e. The summed E-state index contributed by atoms with van der Waals surface area (Å²) in [5, 5.41) is 0. The van der Waals surface area contributed by atoms with Crippen LogP contribution in [0.4, 0.5) is 0 Å². The summed E-state index contributed by atoms with van der Waals surface area (Å²) in [6.45, 7) is 4.05. The van der Waals surface area contributed by atoms with E-state index in [0.29, 0.717) is 13.2 Å². The van der Waals surface area contributed by atoms with E-state index in [-0.39, 0.29) is 0 Å². The molecule has 0 N–H and O–H groups in total. The van der Waals surface area contributed by atoms with E-state index in [1.165, 1.54) is 25.3 Å². The van der Waals surface area contributed by atoms with Gasteiger partial charge in [0, 0.05) is 0 Å². The zero-order chi connectivity index (χ0) is 15.2. The summed E-state index contributed by atoms with van der Waals surface area (Å²) in [5.41, 5.74) is 0. The van der Waals surface area contributed by atoms with Crippen LogP contribution in [0.1, 0.15) is 45.4 Å². The number of rotatable bonds is 12. The first-order chi connectivity index (χ1) is 10.4. The normalized spacial score (nSPS) is 9.95. The molecule has 0 bridgehead atoms. The van der Waals surface area contributed by atoms with E-state index in [9.17, 15) is 4.79 Å². The molecular formula is C17H25NO3. The van der Waals surface area contributed by atoms with Crippen LogP contribution in [0.2, 0.25) is 0 Å². The molecule has 4 nitrogen and oxygen atoms in total. The van der Waals surface area contributed by atoms with Crippen LogP contribution >= 0.6 is 0 Å². The predicted molar refractivity (Wildman–Crippen MR) is 83.8 cm³/mol. The van der Waals surface area contributed by atoms with E-state index >= 15 is 0 Å². The molecule has 1 aromatic carbocycles. The Balaban J connectivity index is 2.28. The lowest BCUT2D eigenvalue weighted by atomic mass is 10.2. The molecule has 0 unspecified atom stereocenters. The van der Waals surface area contributed by atoms with Gasteiger partial charge in [0.25, 0.3) is 0 Å². The Morgan fingerprint density at radius 2 is 1.57 bits per heavy atom. The van der Waals surface area contributed by atoms with Crippen LogP contribution in [0, 0.1) is 0 Å². The minimum atomic E-state index is 0.516. The second-order valence-corrected chi connectivity index (χ2v) is 4.88. The van der Waals surface area contributed by atoms with Crippen molar-refractivity contribution >= 4 is 6.08 Å². The van der Waals surface area contributed by atoms with Crippen LogP contribution in [0.25, 0.3) is 0 Å². The Morgan fingerprint density at radius 3 is 2.14 bits per heavy atom. The van der Waals surface area contributed by atoms with Gasteiger partial charge in [0.15, 0.2) is 11.5 Å². The van der Waals surface area contributed by atoms with E-state index in [1.54, 1.807) is 0 Å². The van der Waals surface area contributed by atoms with Gasteiger partial charge in [-0.15, -0.1) is 0 Å². The molecule has 0 atom stereocenters. The minimum absolute atomic E-state index is 0.516. The van der Waals surface area contributed by atoms with E-state index in [1.807, 2.05) is 24.3 Å². The van der Waals surface area contributed by atoms with Crippen molar-refractivity contribution in [2.24, 2.45) is 4.99 Å². The Hall–Kier alpha value is -1.80. The first-order valence-corrected chi connectivity index (χ1v) is 7.76. The Kier molecular flexibility index (Phi) is 9.84. The summed E-state index contributed by atoms with van der Waals surface area (Å²) in [7, 11) is 0. The zero-order valence-corrected chi connectivity index (χ0v) is 12.8. The van der Waals surface area contributed by atoms with Gasteiger partial charge in [-0.2, -0.15) is 0 Å². The standard InChI is InChI=1S/C17H25NO3/c1-2-3-4-8-13-20-16-10-5-6-11-17(16)21-14-9-7-12-18-15-19/h5-6,10-11H,2-4,7-9,12-14H2,1H3. The molecule has 0 heterocycles. The fourth-order valence-corrected chi connectivity index (χ4v) is 1.92. The molecular weight excluding hydrogens is 266 g/mol. The van der Waals surface area contributed by atoms with E-state index < -0.39 is 0 Å². The molecule has 0 saturated carbocycles. The molecule has 116 valence electrons. The number of unbranched alkanes of at least 4 members (excludes halogenated alkanes) is 4. The summed E-state index contributed by atoms with van der Waals surface area (Å²) in [5.74, 6) is 1.59. The van der Waals surface area contributed by atoms with Gasteiger partial charge in [-0.3, -0.25) is 0 Å². The predicted octanol–water partition coefficient (Wildman–Crippen LogP) is 4.14. The molecule has 0 aliphatic carbocycles. The number of carbonyl (C=O) groups excluding carboxylic acids is 1. The smallest absolute Gasteiger partial charge is 0.234 e. The molecule has 0 saturated heterocycles. The maximum absolute atomic E-state index is 9.93. The van der Waals surface area contributed by atoms with Crippen molar-refractivity contribution in [2.45, 2.75) is 45.4 Å². The van der Waals surface area contributed by atoms with Gasteiger partial charge < -0.3 is 9.47 Å². The minimum Gasteiger partial charge on any atom is -0.490 e. The van der Waals surface area contributed by atoms with Gasteiger partial charge >= 0.3 is 0 Å². The van der Waals surface area contributed by atoms with Gasteiger partial charge in [-0.05, 0) is 31.4 Å². The van der Waals surface area contributed by atoms with Crippen LogP contribution < -0.4 is 9.47 Å². The van der Waals surface area contributed by atoms with Crippen molar-refractivity contribution in [3.05, 3.63) is 24.3 Å². The zero-order valence-electron chi connectivity index (χ0n) is 12.8. The molecule has 0 aromatic heterocycles. The summed E-state index contributed by atoms with van der Waals surface area (Å²) < 4.78 is 11.5. The number of hydrogen-bond donors (Lipinski definition) is 0. The first kappa shape index (κ1) is 17.3. The number of nitrogens with zero attached hydrogens (tertiary/aromatic N) is 1. The molecule has 1 rings (SSSR count). The topological polar surface area (TPSA) is 47.9 Å². The van der Waals surface area contributed by atoms with Gasteiger partial charge in [-0.1, -0.05) is 38.3 Å². The molecule has 0 fully saturated rings. The Labute approximate surface area is 127 Å². The van der Waals surface area contributed by atoms with Crippen molar-refractivity contribution in [1.82, 2.24) is 0 Å². The molecule has 0 aliphatic rings. The fraction of sp³-hybridized carbons (Fsp3) is 0.588. The molecule has 1 aromatic rings. The van der Waals surface area contributed by atoms with Gasteiger partial charge in [0.05, 0.1) is 19.8 Å². The van der Waals surface area contributed by atoms with Crippen LogP contribution in [0.5, 0.6) is 11.5 Å². The monoisotopic (exact) mass is 291 g/mol. The highest BCUT2D eigenvalue weighted by Crippen LogP contribution is 2.26.